The zero-order valence-corrected chi connectivity index (χ0v) is 30.2. The Balaban J connectivity index is 0.00000562. The number of unbranched alkanes of at least 4 members (excludes halogenated alkanes) is 3. The van der Waals surface area contributed by atoms with Crippen molar-refractivity contribution in [2.24, 2.45) is 0 Å². The number of thiophene rings is 2. The van der Waals surface area contributed by atoms with Gasteiger partial charge in [0.25, 0.3) is 0 Å². The number of pyridine rings is 1. The Kier molecular flexibility index (Phi) is 15.4. The van der Waals surface area contributed by atoms with Gasteiger partial charge in [-0.25, -0.2) is 4.79 Å². The highest BCUT2D eigenvalue weighted by Crippen LogP contribution is 2.38. The van der Waals surface area contributed by atoms with E-state index in [4.69, 9.17) is 9.47 Å². The summed E-state index contributed by atoms with van der Waals surface area (Å²) in [6.07, 6.45) is 7.72. The van der Waals surface area contributed by atoms with Crippen LogP contribution in [-0.2, 0) is 19.9 Å². The second-order valence-corrected chi connectivity index (χ2v) is 14.8. The molecule has 4 aromatic rings. The van der Waals surface area contributed by atoms with Crippen molar-refractivity contribution in [1.82, 2.24) is 15.2 Å². The fraction of sp³-hybridized carbons (Fsp3) is 0.514. The standard InChI is InChI=1S/C37H49N3O7S2.FH/c1-40(26-11-13-27(14-12-26)47-36(44)37(45,32-9-6-23-48-32)33-10-7-24-49-33)20-8-22-46-21-5-3-2-4-19-38-25-31(42)28-15-17-30(41)35-29(28)16-18-34(43)39-35;/h6-7,9-10,15-18,23-24,26-27,31,38,41-42,45H,2-5,8,11-14,19-22,25H2,1H3,(H,39,43);1H/t26?,27?,31-;/m1./s1. The van der Waals surface area contributed by atoms with Crippen LogP contribution in [0.5, 0.6) is 5.75 Å². The number of benzene rings is 1. The smallest absolute Gasteiger partial charge is 0.349 e. The maximum atomic E-state index is 13.3. The van der Waals surface area contributed by atoms with Gasteiger partial charge in [-0.05, 0) is 99.1 Å². The average Bonchev–Trinajstić information content (AvgIpc) is 3.85. The number of nitrogens with one attached hydrogen (secondary N) is 2. The molecule has 5 rings (SSSR count). The van der Waals surface area contributed by atoms with Crippen molar-refractivity contribution in [1.29, 1.82) is 0 Å². The molecule has 10 nitrogen and oxygen atoms in total. The zero-order valence-electron chi connectivity index (χ0n) is 28.6. The van der Waals surface area contributed by atoms with Crippen molar-refractivity contribution >= 4 is 39.5 Å². The number of rotatable bonds is 19. The number of nitrogens with zero attached hydrogens (tertiary/aromatic N) is 1. The van der Waals surface area contributed by atoms with E-state index in [1.165, 1.54) is 34.8 Å². The van der Waals surface area contributed by atoms with E-state index in [2.05, 4.69) is 22.2 Å². The monoisotopic (exact) mass is 731 g/mol. The molecule has 1 aromatic carbocycles. The van der Waals surface area contributed by atoms with Crippen LogP contribution in [0, 0.1) is 0 Å². The first-order chi connectivity index (χ1) is 23.8. The van der Waals surface area contributed by atoms with Gasteiger partial charge in [0.15, 0.2) is 0 Å². The molecule has 3 aromatic heterocycles. The highest BCUT2D eigenvalue weighted by molar-refractivity contribution is 7.12. The second kappa shape index (κ2) is 19.4. The van der Waals surface area contributed by atoms with Gasteiger partial charge in [0, 0.05) is 43.8 Å². The van der Waals surface area contributed by atoms with Crippen LogP contribution in [0.3, 0.4) is 0 Å². The van der Waals surface area contributed by atoms with Gasteiger partial charge in [-0.2, -0.15) is 0 Å². The topological polar surface area (TPSA) is 144 Å². The van der Waals surface area contributed by atoms with Crippen molar-refractivity contribution < 1.29 is 34.3 Å². The van der Waals surface area contributed by atoms with E-state index in [1.54, 1.807) is 24.3 Å². The Morgan fingerprint density at radius 2 is 1.66 bits per heavy atom. The molecule has 13 heteroatoms. The van der Waals surface area contributed by atoms with Gasteiger partial charge in [-0.3, -0.25) is 9.50 Å². The number of esters is 1. The van der Waals surface area contributed by atoms with E-state index in [0.29, 0.717) is 38.8 Å². The number of fused-ring (bicyclic) bond motifs is 1. The molecule has 0 amide bonds. The highest BCUT2D eigenvalue weighted by Gasteiger charge is 2.45. The van der Waals surface area contributed by atoms with Gasteiger partial charge in [0.1, 0.15) is 11.9 Å². The summed E-state index contributed by atoms with van der Waals surface area (Å²) in [6, 6.07) is 13.9. The number of aromatic hydroxyl groups is 1. The van der Waals surface area contributed by atoms with Crippen molar-refractivity contribution in [2.75, 3.05) is 39.9 Å². The summed E-state index contributed by atoms with van der Waals surface area (Å²) >= 11 is 2.72. The van der Waals surface area contributed by atoms with E-state index >= 15 is 0 Å². The van der Waals surface area contributed by atoms with Crippen LogP contribution >= 0.6 is 22.7 Å². The largest absolute Gasteiger partial charge is 0.506 e. The Morgan fingerprint density at radius 3 is 2.34 bits per heavy atom. The summed E-state index contributed by atoms with van der Waals surface area (Å²) in [4.78, 5) is 31.1. The minimum atomic E-state index is -1.75. The number of aliphatic hydroxyl groups excluding tert-OH is 1. The number of aromatic nitrogens is 1. The molecule has 50 heavy (non-hydrogen) atoms. The number of aliphatic hydroxyl groups is 2. The number of aromatic amines is 1. The fourth-order valence-electron chi connectivity index (χ4n) is 6.54. The van der Waals surface area contributed by atoms with E-state index in [9.17, 15) is 24.9 Å². The van der Waals surface area contributed by atoms with E-state index in [0.717, 1.165) is 84.1 Å². The molecule has 5 N–H and O–H groups in total. The summed E-state index contributed by atoms with van der Waals surface area (Å²) in [5.74, 6) is -0.597. The minimum absolute atomic E-state index is 0. The normalized spacial score (nSPS) is 17.1. The lowest BCUT2D eigenvalue weighted by Gasteiger charge is -2.35. The van der Waals surface area contributed by atoms with Gasteiger partial charge >= 0.3 is 5.97 Å². The molecule has 274 valence electrons. The molecule has 0 aliphatic heterocycles. The summed E-state index contributed by atoms with van der Waals surface area (Å²) in [5.41, 5.74) is -1.04. The Labute approximate surface area is 300 Å². The van der Waals surface area contributed by atoms with Crippen LogP contribution in [0.2, 0.25) is 0 Å². The van der Waals surface area contributed by atoms with E-state index in [-0.39, 0.29) is 22.1 Å². The minimum Gasteiger partial charge on any atom is -0.506 e. The van der Waals surface area contributed by atoms with Gasteiger partial charge in [-0.1, -0.05) is 31.0 Å². The van der Waals surface area contributed by atoms with Crippen molar-refractivity contribution in [3.05, 3.63) is 85.0 Å². The number of phenols is 1. The summed E-state index contributed by atoms with van der Waals surface area (Å²) in [6.45, 7) is 3.64. The lowest BCUT2D eigenvalue weighted by molar-refractivity contribution is -0.169. The number of hydrogen-bond acceptors (Lipinski definition) is 11. The zero-order chi connectivity index (χ0) is 34.6. The van der Waals surface area contributed by atoms with Crippen LogP contribution < -0.4 is 10.9 Å². The third-order valence-corrected chi connectivity index (χ3v) is 11.3. The van der Waals surface area contributed by atoms with Crippen molar-refractivity contribution in [2.45, 2.75) is 81.6 Å². The molecule has 1 aliphatic rings. The number of H-pyrrole nitrogens is 1. The van der Waals surface area contributed by atoms with Gasteiger partial charge in [0.05, 0.1) is 21.4 Å². The SMILES string of the molecule is CN(CCCOCCCCCCNC[C@@H](O)c1ccc(O)c2[nH]c(=O)ccc12)C1CCC(OC(=O)C(O)(c2cccs2)c2cccs2)CC1.F. The van der Waals surface area contributed by atoms with Crippen LogP contribution in [0.15, 0.2) is 64.1 Å². The predicted octanol–water partition coefficient (Wildman–Crippen LogP) is 5.82. The maximum absolute atomic E-state index is 13.3. The third-order valence-electron chi connectivity index (χ3n) is 9.39. The van der Waals surface area contributed by atoms with Crippen LogP contribution in [0.4, 0.5) is 4.70 Å². The first kappa shape index (κ1) is 39.6. The van der Waals surface area contributed by atoms with Gasteiger partial charge < -0.3 is 40.0 Å². The van der Waals surface area contributed by atoms with Gasteiger partial charge in [-0.15, -0.1) is 22.7 Å². The molecular weight excluding hydrogens is 682 g/mol. The molecule has 0 unspecified atom stereocenters. The maximum Gasteiger partial charge on any atom is 0.349 e. The molecule has 3 heterocycles. The summed E-state index contributed by atoms with van der Waals surface area (Å²) in [7, 11) is 2.16. The number of phenolic OH excluding ortho intramolecular Hbond substituents is 1. The summed E-state index contributed by atoms with van der Waals surface area (Å²) < 4.78 is 11.8. The predicted molar refractivity (Wildman–Crippen MR) is 197 cm³/mol. The second-order valence-electron chi connectivity index (χ2n) is 12.9. The molecule has 0 bridgehead atoms. The number of ether oxygens (including phenoxy) is 2. The molecule has 0 saturated heterocycles. The van der Waals surface area contributed by atoms with Crippen LogP contribution in [0.25, 0.3) is 10.9 Å². The number of halogens is 1. The number of hydrogen-bond donors (Lipinski definition) is 5. The molecule has 1 atom stereocenters. The van der Waals surface area contributed by atoms with Crippen molar-refractivity contribution in [3.63, 3.8) is 0 Å². The van der Waals surface area contributed by atoms with Gasteiger partial charge in [0.2, 0.25) is 11.2 Å². The highest BCUT2D eigenvalue weighted by atomic mass is 32.1. The van der Waals surface area contributed by atoms with Crippen molar-refractivity contribution in [3.8, 4) is 5.75 Å². The first-order valence-corrected chi connectivity index (χ1v) is 19.1. The molecule has 1 saturated carbocycles. The summed E-state index contributed by atoms with van der Waals surface area (Å²) in [5, 5.41) is 39.9. The molecular formula is C37H50FN3O7S2. The first-order valence-electron chi connectivity index (χ1n) is 17.3. The lowest BCUT2D eigenvalue weighted by Crippen LogP contribution is -2.42. The fourth-order valence-corrected chi connectivity index (χ4v) is 8.25. The third kappa shape index (κ3) is 10.2. The Bertz CT molecular complexity index is 1610. The average molecular weight is 732 g/mol. The van der Waals surface area contributed by atoms with Crippen LogP contribution in [0.1, 0.15) is 79.2 Å². The Hall–Kier alpha value is -3.17. The molecule has 0 spiro atoms. The Morgan fingerprint density at radius 1 is 0.980 bits per heavy atom. The number of carbonyl (C=O) groups excluding carboxylic acids is 1. The molecule has 1 aliphatic carbocycles. The van der Waals surface area contributed by atoms with Crippen LogP contribution in [-0.4, -0.2) is 83.2 Å². The van der Waals surface area contributed by atoms with E-state index in [1.807, 2.05) is 22.9 Å². The molecule has 0 radical (unpaired) electrons. The lowest BCUT2D eigenvalue weighted by atomic mass is 9.91. The molecule has 1 fully saturated rings. The van der Waals surface area contributed by atoms with E-state index < -0.39 is 17.7 Å². The number of carbonyl (C=O) groups is 1. The quantitative estimate of drug-likeness (QED) is 0.0595.